The van der Waals surface area contributed by atoms with Crippen LogP contribution in [-0.4, -0.2) is 37.2 Å². The lowest BCUT2D eigenvalue weighted by Gasteiger charge is -2.26. The largest absolute Gasteiger partial charge is 0.496 e. The molecule has 1 aliphatic heterocycles. The third kappa shape index (κ3) is 5.88. The van der Waals surface area contributed by atoms with Crippen molar-refractivity contribution in [2.45, 2.75) is 31.9 Å². The van der Waals surface area contributed by atoms with E-state index < -0.39 is 0 Å². The maximum atomic E-state index is 13.0. The van der Waals surface area contributed by atoms with Crippen LogP contribution >= 0.6 is 12.4 Å². The number of hydrogen-bond acceptors (Lipinski definition) is 4. The second-order valence-corrected chi connectivity index (χ2v) is 6.64. The molecule has 3 rings (SSSR count). The Hall–Kier alpha value is -2.24. The lowest BCUT2D eigenvalue weighted by Crippen LogP contribution is -2.38. The zero-order chi connectivity index (χ0) is 18.4. The van der Waals surface area contributed by atoms with Crippen molar-refractivity contribution in [3.05, 3.63) is 59.7 Å². The normalized spacial score (nSPS) is 15.8. The fourth-order valence-corrected chi connectivity index (χ4v) is 3.25. The smallest absolute Gasteiger partial charge is 0.227 e. The van der Waals surface area contributed by atoms with Crippen LogP contribution in [-0.2, 0) is 22.5 Å². The number of carbonyl (C=O) groups excluding carboxylic acids is 1. The van der Waals surface area contributed by atoms with Crippen molar-refractivity contribution in [2.24, 2.45) is 0 Å². The fourth-order valence-electron chi connectivity index (χ4n) is 3.25. The summed E-state index contributed by atoms with van der Waals surface area (Å²) in [6, 6.07) is 15.3. The molecular formula is C21H27ClN2O3. The molecule has 146 valence electrons. The molecule has 5 nitrogen and oxygen atoms in total. The first-order chi connectivity index (χ1) is 12.7. The second-order valence-electron chi connectivity index (χ2n) is 6.64. The summed E-state index contributed by atoms with van der Waals surface area (Å²) in [6.07, 6.45) is 2.51. The summed E-state index contributed by atoms with van der Waals surface area (Å²) < 4.78 is 11.2. The molecule has 6 heteroatoms. The van der Waals surface area contributed by atoms with Gasteiger partial charge in [0.2, 0.25) is 5.91 Å². The van der Waals surface area contributed by atoms with E-state index in [2.05, 4.69) is 0 Å². The minimum absolute atomic E-state index is 0. The number of amides is 1. The first-order valence-electron chi connectivity index (χ1n) is 9.01. The molecule has 1 unspecified atom stereocenters. The zero-order valence-corrected chi connectivity index (χ0v) is 16.4. The number of ether oxygens (including phenoxy) is 2. The van der Waals surface area contributed by atoms with Crippen molar-refractivity contribution >= 4 is 24.0 Å². The van der Waals surface area contributed by atoms with E-state index in [1.807, 2.05) is 53.4 Å². The number of carbonyl (C=O) groups is 1. The molecule has 27 heavy (non-hydrogen) atoms. The molecule has 0 bridgehead atoms. The number of para-hydroxylation sites is 1. The first kappa shape index (κ1) is 21.1. The van der Waals surface area contributed by atoms with Crippen LogP contribution < -0.4 is 10.5 Å². The van der Waals surface area contributed by atoms with Crippen LogP contribution in [0.4, 0.5) is 5.69 Å². The number of methoxy groups -OCH3 is 1. The summed E-state index contributed by atoms with van der Waals surface area (Å²) >= 11 is 0. The van der Waals surface area contributed by atoms with Crippen LogP contribution in [0.2, 0.25) is 0 Å². The minimum Gasteiger partial charge on any atom is -0.496 e. The number of anilines is 1. The number of hydrogen-bond donors (Lipinski definition) is 1. The fraction of sp³-hybridized carbons (Fsp3) is 0.381. The topological polar surface area (TPSA) is 64.8 Å². The number of nitrogen functional groups attached to an aromatic ring is 1. The Morgan fingerprint density at radius 2 is 1.96 bits per heavy atom. The molecule has 1 aliphatic rings. The molecule has 0 radical (unpaired) electrons. The van der Waals surface area contributed by atoms with Gasteiger partial charge in [-0.2, -0.15) is 0 Å². The Labute approximate surface area is 166 Å². The van der Waals surface area contributed by atoms with Gasteiger partial charge in [0.05, 0.1) is 19.6 Å². The van der Waals surface area contributed by atoms with Crippen LogP contribution in [0.15, 0.2) is 48.5 Å². The summed E-state index contributed by atoms with van der Waals surface area (Å²) in [5, 5.41) is 0. The second kappa shape index (κ2) is 10.2. The summed E-state index contributed by atoms with van der Waals surface area (Å²) in [4.78, 5) is 14.9. The van der Waals surface area contributed by atoms with Crippen molar-refractivity contribution in [3.63, 3.8) is 0 Å². The number of halogens is 1. The maximum absolute atomic E-state index is 13.0. The monoisotopic (exact) mass is 390 g/mol. The predicted octanol–water partition coefficient (Wildman–Crippen LogP) is 3.45. The molecule has 1 amide bonds. The van der Waals surface area contributed by atoms with E-state index in [0.717, 1.165) is 36.3 Å². The molecule has 0 spiro atoms. The molecule has 1 atom stereocenters. The Morgan fingerprint density at radius 3 is 2.63 bits per heavy atom. The Kier molecular flexibility index (Phi) is 7.95. The molecule has 2 N–H and O–H groups in total. The van der Waals surface area contributed by atoms with Gasteiger partial charge in [-0.1, -0.05) is 30.3 Å². The number of nitrogens with two attached hydrogens (primary N) is 1. The highest BCUT2D eigenvalue weighted by atomic mass is 35.5. The Morgan fingerprint density at radius 1 is 1.22 bits per heavy atom. The molecule has 1 fully saturated rings. The summed E-state index contributed by atoms with van der Waals surface area (Å²) in [5.74, 6) is 0.876. The van der Waals surface area contributed by atoms with E-state index in [1.165, 1.54) is 0 Å². The highest BCUT2D eigenvalue weighted by Crippen LogP contribution is 2.22. The molecule has 0 aliphatic carbocycles. The van der Waals surface area contributed by atoms with Gasteiger partial charge in [0.25, 0.3) is 0 Å². The third-order valence-corrected chi connectivity index (χ3v) is 4.69. The van der Waals surface area contributed by atoms with E-state index in [4.69, 9.17) is 15.2 Å². The molecule has 2 aromatic rings. The van der Waals surface area contributed by atoms with Gasteiger partial charge >= 0.3 is 0 Å². The van der Waals surface area contributed by atoms with Crippen molar-refractivity contribution in [1.29, 1.82) is 0 Å². The quantitative estimate of drug-likeness (QED) is 0.735. The molecular weight excluding hydrogens is 364 g/mol. The van der Waals surface area contributed by atoms with Crippen molar-refractivity contribution in [1.82, 2.24) is 4.90 Å². The standard InChI is InChI=1S/C21H26N2O3.ClH/c1-25-20-7-3-2-5-17(20)14-23(15-19-6-4-12-26-19)21(24)13-16-8-10-18(22)11-9-16;/h2-3,5,7-11,19H,4,6,12-15,22H2,1H3;1H. The van der Waals surface area contributed by atoms with E-state index in [1.54, 1.807) is 7.11 Å². The zero-order valence-electron chi connectivity index (χ0n) is 15.6. The Bertz CT molecular complexity index is 730. The highest BCUT2D eigenvalue weighted by Gasteiger charge is 2.23. The van der Waals surface area contributed by atoms with Crippen molar-refractivity contribution in [2.75, 3.05) is 26.0 Å². The third-order valence-electron chi connectivity index (χ3n) is 4.69. The predicted molar refractivity (Wildman–Crippen MR) is 109 cm³/mol. The summed E-state index contributed by atoms with van der Waals surface area (Å²) in [6.45, 7) is 1.89. The van der Waals surface area contributed by atoms with E-state index in [-0.39, 0.29) is 24.4 Å². The van der Waals surface area contributed by atoms with Crippen LogP contribution in [0, 0.1) is 0 Å². The maximum Gasteiger partial charge on any atom is 0.227 e. The molecule has 1 saturated heterocycles. The van der Waals surface area contributed by atoms with Gasteiger partial charge < -0.3 is 20.1 Å². The number of benzene rings is 2. The first-order valence-corrected chi connectivity index (χ1v) is 9.01. The van der Waals surface area contributed by atoms with Crippen LogP contribution in [0.3, 0.4) is 0 Å². The molecule has 0 saturated carbocycles. The summed E-state index contributed by atoms with van der Waals surface area (Å²) in [5.41, 5.74) is 8.39. The van der Waals surface area contributed by atoms with Gasteiger partial charge in [-0.25, -0.2) is 0 Å². The average molecular weight is 391 g/mol. The van der Waals surface area contributed by atoms with Gasteiger partial charge in [0, 0.05) is 30.9 Å². The highest BCUT2D eigenvalue weighted by molar-refractivity contribution is 5.85. The van der Waals surface area contributed by atoms with E-state index >= 15 is 0 Å². The molecule has 0 aromatic heterocycles. The molecule has 1 heterocycles. The number of rotatable bonds is 7. The lowest BCUT2D eigenvalue weighted by atomic mass is 10.1. The van der Waals surface area contributed by atoms with Gasteiger partial charge in [-0.05, 0) is 36.6 Å². The Balaban J connectivity index is 0.00000261. The van der Waals surface area contributed by atoms with Crippen LogP contribution in [0.1, 0.15) is 24.0 Å². The van der Waals surface area contributed by atoms with Gasteiger partial charge in [-0.15, -0.1) is 12.4 Å². The van der Waals surface area contributed by atoms with Crippen LogP contribution in [0.25, 0.3) is 0 Å². The van der Waals surface area contributed by atoms with Gasteiger partial charge in [0.15, 0.2) is 0 Å². The SMILES string of the molecule is COc1ccccc1CN(CC1CCCO1)C(=O)Cc1ccc(N)cc1.Cl. The summed E-state index contributed by atoms with van der Waals surface area (Å²) in [7, 11) is 1.65. The van der Waals surface area contributed by atoms with Crippen LogP contribution in [0.5, 0.6) is 5.75 Å². The lowest BCUT2D eigenvalue weighted by molar-refractivity contribution is -0.132. The average Bonchev–Trinajstić information content (AvgIpc) is 3.16. The van der Waals surface area contributed by atoms with Gasteiger partial charge in [-0.3, -0.25) is 4.79 Å². The van der Waals surface area contributed by atoms with E-state index in [0.29, 0.717) is 25.2 Å². The molecule has 2 aromatic carbocycles. The van der Waals surface area contributed by atoms with Crippen molar-refractivity contribution < 1.29 is 14.3 Å². The van der Waals surface area contributed by atoms with E-state index in [9.17, 15) is 4.79 Å². The number of nitrogens with zero attached hydrogens (tertiary/aromatic N) is 1. The minimum atomic E-state index is 0. The van der Waals surface area contributed by atoms with Crippen molar-refractivity contribution in [3.8, 4) is 5.75 Å². The van der Waals surface area contributed by atoms with Gasteiger partial charge in [0.1, 0.15) is 5.75 Å².